The highest BCUT2D eigenvalue weighted by atomic mass is 32.2. The van der Waals surface area contributed by atoms with Crippen molar-refractivity contribution in [3.63, 3.8) is 0 Å². The molecule has 1 aliphatic rings. The highest BCUT2D eigenvalue weighted by Gasteiger charge is 2.50. The third kappa shape index (κ3) is 23.0. The number of hydrogen-bond donors (Lipinski definition) is 9. The van der Waals surface area contributed by atoms with Gasteiger partial charge in [-0.05, 0) is 38.5 Å². The molecule has 0 saturated carbocycles. The zero-order chi connectivity index (χ0) is 51.1. The second-order valence-corrected chi connectivity index (χ2v) is 22.4. The zero-order valence-electron chi connectivity index (χ0n) is 39.3. The summed E-state index contributed by atoms with van der Waals surface area (Å²) < 4.78 is 62.4. The van der Waals surface area contributed by atoms with Crippen LogP contribution in [0.1, 0.15) is 123 Å². The van der Waals surface area contributed by atoms with Crippen LogP contribution in [-0.4, -0.2) is 123 Å². The van der Waals surface area contributed by atoms with Gasteiger partial charge in [-0.15, -0.1) is 0 Å². The fourth-order valence-corrected chi connectivity index (χ4v) is 10.4. The molecule has 28 heteroatoms. The summed E-state index contributed by atoms with van der Waals surface area (Å²) in [5.41, 5.74) is 4.28. The van der Waals surface area contributed by atoms with Crippen molar-refractivity contribution in [2.24, 2.45) is 5.41 Å². The van der Waals surface area contributed by atoms with Crippen molar-refractivity contribution in [1.29, 1.82) is 0 Å². The number of amides is 2. The number of ether oxygens (including phenoxy) is 1. The first-order valence-electron chi connectivity index (χ1n) is 22.9. The van der Waals surface area contributed by atoms with E-state index >= 15 is 0 Å². The molecule has 1 fully saturated rings. The van der Waals surface area contributed by atoms with Gasteiger partial charge in [0.25, 0.3) is 0 Å². The second kappa shape index (κ2) is 30.2. The molecule has 3 heterocycles. The van der Waals surface area contributed by atoms with E-state index in [4.69, 9.17) is 19.5 Å². The number of rotatable bonds is 35. The summed E-state index contributed by atoms with van der Waals surface area (Å²) in [6.07, 6.45) is 17.4. The molecule has 69 heavy (non-hydrogen) atoms. The number of nitrogens with two attached hydrogens (primary N) is 1. The Balaban J connectivity index is 1.29. The summed E-state index contributed by atoms with van der Waals surface area (Å²) in [5, 5.41) is 26.7. The van der Waals surface area contributed by atoms with Crippen molar-refractivity contribution < 1.29 is 80.5 Å². The van der Waals surface area contributed by atoms with Crippen LogP contribution in [0.4, 0.5) is 5.82 Å². The Morgan fingerprint density at radius 2 is 1.52 bits per heavy atom. The van der Waals surface area contributed by atoms with Crippen LogP contribution in [0.15, 0.2) is 37.0 Å². The van der Waals surface area contributed by atoms with Gasteiger partial charge in [0.15, 0.2) is 22.8 Å². The van der Waals surface area contributed by atoms with Crippen LogP contribution in [0.25, 0.3) is 11.2 Å². The van der Waals surface area contributed by atoms with Crippen LogP contribution >= 0.6 is 35.2 Å². The molecular weight excluding hydrogens is 987 g/mol. The Bertz CT molecular complexity index is 2130. The molecule has 3 rings (SSSR count). The maximum absolute atomic E-state index is 12.7. The van der Waals surface area contributed by atoms with Gasteiger partial charge in [-0.1, -0.05) is 102 Å². The molecule has 0 aliphatic carbocycles. The maximum Gasteiger partial charge on any atom is 0.481 e. The highest BCUT2D eigenvalue weighted by Crippen LogP contribution is 2.61. The molecule has 2 aromatic heterocycles. The number of fused-ring (bicyclic) bond motifs is 1. The molecule has 7 unspecified atom stereocenters. The lowest BCUT2D eigenvalue weighted by molar-refractivity contribution is -0.137. The minimum absolute atomic E-state index is 0.0324. The molecule has 7 atom stereocenters. The number of nitrogens with zero attached hydrogens (tertiary/aromatic N) is 4. The molecule has 0 aromatic carbocycles. The molecule has 0 bridgehead atoms. The molecule has 392 valence electrons. The van der Waals surface area contributed by atoms with E-state index in [2.05, 4.69) is 65.6 Å². The minimum Gasteiger partial charge on any atom is -0.386 e. The number of aliphatic hydroxyl groups is 2. The average Bonchev–Trinajstić information content (AvgIpc) is 3.84. The smallest absolute Gasteiger partial charge is 0.386 e. The lowest BCUT2D eigenvalue weighted by Crippen LogP contribution is -2.46. The average molecular weight is 1060 g/mol. The first-order valence-corrected chi connectivity index (χ1v) is 28.4. The van der Waals surface area contributed by atoms with Gasteiger partial charge < -0.3 is 50.9 Å². The van der Waals surface area contributed by atoms with Crippen LogP contribution in [-0.2, 0) is 50.7 Å². The molecule has 24 nitrogen and oxygen atoms in total. The Kier molecular flexibility index (Phi) is 26.4. The Morgan fingerprint density at radius 1 is 0.884 bits per heavy atom. The number of imidazole rings is 1. The third-order valence-electron chi connectivity index (χ3n) is 10.6. The SMILES string of the molecule is CCCCCCCC/C=C/C/C=C/CCCCCCC(=O)SCCNC(=O)CCNC(=O)C(O)C(C)(C)COP(=O)(O)OP(=O)(O)OCC1OC(n2cnc3c(N)ncnc32)C(O)C1OP(=O)(O)O. The Morgan fingerprint density at radius 3 is 2.19 bits per heavy atom. The van der Waals surface area contributed by atoms with Gasteiger partial charge in [0.05, 0.1) is 19.5 Å². The van der Waals surface area contributed by atoms with Gasteiger partial charge in [-0.2, -0.15) is 4.31 Å². The molecule has 2 aromatic rings. The van der Waals surface area contributed by atoms with E-state index in [1.165, 1.54) is 52.4 Å². The number of nitrogen functional groups attached to an aromatic ring is 1. The van der Waals surface area contributed by atoms with E-state index in [1.54, 1.807) is 0 Å². The normalized spacial score (nSPS) is 20.1. The molecule has 10 N–H and O–H groups in total. The lowest BCUT2D eigenvalue weighted by Gasteiger charge is -2.30. The highest BCUT2D eigenvalue weighted by molar-refractivity contribution is 8.13. The summed E-state index contributed by atoms with van der Waals surface area (Å²) >= 11 is 1.14. The van der Waals surface area contributed by atoms with Crippen molar-refractivity contribution in [3.05, 3.63) is 37.0 Å². The molecule has 1 saturated heterocycles. The first kappa shape index (κ1) is 60.3. The standard InChI is InChI=1S/C41H70N7O17P3S/c1-4-5-6-7-8-9-10-11-12-13-14-15-16-17-18-19-20-21-32(50)69-25-24-43-31(49)22-23-44-39(53)36(52)41(2,3)27-62-68(59,60)65-67(57,58)61-26-30-35(64-66(54,55)56)34(51)40(63-30)48-29-47-33-37(42)45-28-46-38(33)48/h11-12,14-15,28-30,34-36,40,51-52H,4-10,13,16-27H2,1-3H3,(H,43,49)(H,44,53)(H,57,58)(H,59,60)(H2,42,45,46)(H2,54,55,56)/b12-11+,15-14+. The Labute approximate surface area is 406 Å². The van der Waals surface area contributed by atoms with Gasteiger partial charge >= 0.3 is 23.5 Å². The van der Waals surface area contributed by atoms with E-state index in [0.29, 0.717) is 12.2 Å². The van der Waals surface area contributed by atoms with Crippen molar-refractivity contribution in [2.75, 3.05) is 37.8 Å². The number of phosphoric ester groups is 3. The molecule has 0 spiro atoms. The largest absolute Gasteiger partial charge is 0.481 e. The maximum atomic E-state index is 12.7. The van der Waals surface area contributed by atoms with Crippen molar-refractivity contribution >= 4 is 69.1 Å². The monoisotopic (exact) mass is 1060 g/mol. The zero-order valence-corrected chi connectivity index (χ0v) is 42.8. The second-order valence-electron chi connectivity index (χ2n) is 17.0. The van der Waals surface area contributed by atoms with Crippen molar-refractivity contribution in [3.8, 4) is 0 Å². The summed E-state index contributed by atoms with van der Waals surface area (Å²) in [6, 6.07) is 0. The van der Waals surface area contributed by atoms with Crippen LogP contribution < -0.4 is 16.4 Å². The fraction of sp³-hybridized carbons (Fsp3) is 0.707. The first-order chi connectivity index (χ1) is 32.6. The van der Waals surface area contributed by atoms with Gasteiger partial charge in [0.2, 0.25) is 11.8 Å². The van der Waals surface area contributed by atoms with Crippen LogP contribution in [0, 0.1) is 5.41 Å². The lowest BCUT2D eigenvalue weighted by atomic mass is 9.87. The molecule has 2 amide bonds. The molecular formula is C41H70N7O17P3S. The Hall–Kier alpha value is -2.96. The number of hydrogen-bond acceptors (Lipinski definition) is 18. The topological polar surface area (TPSA) is 364 Å². The predicted octanol–water partition coefficient (Wildman–Crippen LogP) is 5.26. The number of allylic oxidation sites excluding steroid dienone is 4. The number of carbonyl (C=O) groups excluding carboxylic acids is 3. The molecule has 1 aliphatic heterocycles. The number of anilines is 1. The summed E-state index contributed by atoms with van der Waals surface area (Å²) in [7, 11) is -16.4. The van der Waals surface area contributed by atoms with Crippen LogP contribution in [0.3, 0.4) is 0 Å². The fourth-order valence-electron chi connectivity index (χ4n) is 6.80. The quantitative estimate of drug-likeness (QED) is 0.0241. The van der Waals surface area contributed by atoms with Crippen molar-refractivity contribution in [1.82, 2.24) is 30.2 Å². The number of aromatic nitrogens is 4. The van der Waals surface area contributed by atoms with Crippen molar-refractivity contribution in [2.45, 2.75) is 148 Å². The van der Waals surface area contributed by atoms with E-state index in [9.17, 15) is 57.9 Å². The number of nitrogens with one attached hydrogen (secondary N) is 2. The molecule has 0 radical (unpaired) electrons. The van der Waals surface area contributed by atoms with Gasteiger partial charge in [-0.3, -0.25) is 32.5 Å². The van der Waals surface area contributed by atoms with Crippen LogP contribution in [0.2, 0.25) is 0 Å². The number of carbonyl (C=O) groups is 3. The van der Waals surface area contributed by atoms with Crippen LogP contribution in [0.5, 0.6) is 0 Å². The van der Waals surface area contributed by atoms with Gasteiger partial charge in [-0.25, -0.2) is 28.6 Å². The van der Waals surface area contributed by atoms with E-state index in [0.717, 1.165) is 73.9 Å². The third-order valence-corrected chi connectivity index (χ3v) is 14.6. The van der Waals surface area contributed by atoms with E-state index < -0.39 is 84.6 Å². The number of thioether (sulfide) groups is 1. The summed E-state index contributed by atoms with van der Waals surface area (Å²) in [6.45, 7) is 2.78. The van der Waals surface area contributed by atoms with E-state index in [1.807, 2.05) is 0 Å². The number of phosphoric acid groups is 3. The van der Waals surface area contributed by atoms with Gasteiger partial charge in [0.1, 0.15) is 36.3 Å². The van der Waals surface area contributed by atoms with Gasteiger partial charge in [0, 0.05) is 37.1 Å². The number of unbranched alkanes of at least 4 members (excludes halogenated alkanes) is 10. The summed E-state index contributed by atoms with van der Waals surface area (Å²) in [5.74, 6) is -1.05. The number of aliphatic hydroxyl groups excluding tert-OH is 2. The summed E-state index contributed by atoms with van der Waals surface area (Å²) in [4.78, 5) is 88.4. The minimum atomic E-state index is -5.58. The predicted molar refractivity (Wildman–Crippen MR) is 256 cm³/mol. The van der Waals surface area contributed by atoms with E-state index in [-0.39, 0.29) is 41.6 Å².